The van der Waals surface area contributed by atoms with Gasteiger partial charge in [-0.05, 0) is 37.1 Å². The normalized spacial score (nSPS) is 24.3. The maximum absolute atomic E-state index is 12.0. The largest absolute Gasteiger partial charge is 0.482 e. The minimum Gasteiger partial charge on any atom is -0.482 e. The first-order chi connectivity index (χ1) is 18.8. The van der Waals surface area contributed by atoms with Gasteiger partial charge in [-0.2, -0.15) is 0 Å². The Morgan fingerprint density at radius 1 is 1.21 bits per heavy atom. The summed E-state index contributed by atoms with van der Waals surface area (Å²) >= 11 is 0. The van der Waals surface area contributed by atoms with Crippen molar-refractivity contribution in [3.63, 3.8) is 0 Å². The molecule has 6 rings (SSSR count). The molecule has 0 bridgehead atoms. The fourth-order valence-electron chi connectivity index (χ4n) is 6.00. The molecule has 4 aliphatic heterocycles. The quantitative estimate of drug-likeness (QED) is 0.454. The van der Waals surface area contributed by atoms with Crippen LogP contribution in [0.2, 0.25) is 0 Å². The number of hydrogen-bond acceptors (Lipinski definition) is 9. The van der Waals surface area contributed by atoms with Crippen LogP contribution in [0.4, 0.5) is 17.3 Å². The van der Waals surface area contributed by atoms with Crippen LogP contribution in [0.25, 0.3) is 0 Å². The van der Waals surface area contributed by atoms with Crippen molar-refractivity contribution in [2.24, 2.45) is 0 Å². The van der Waals surface area contributed by atoms with Crippen molar-refractivity contribution in [2.45, 2.75) is 31.4 Å². The monoisotopic (exact) mass is 548 g/mol. The summed E-state index contributed by atoms with van der Waals surface area (Å²) in [6.07, 6.45) is 9.41. The molecule has 204 valence electrons. The molecule has 3 fully saturated rings. The Bertz CT molecular complexity index is 1470. The van der Waals surface area contributed by atoms with Gasteiger partial charge in [0.2, 0.25) is 5.91 Å². The van der Waals surface area contributed by atoms with E-state index in [4.69, 9.17) is 11.2 Å². The van der Waals surface area contributed by atoms with Gasteiger partial charge in [-0.1, -0.05) is 12.5 Å². The second-order valence-electron chi connectivity index (χ2n) is 10.7. The topological polar surface area (TPSA) is 108 Å². The highest BCUT2D eigenvalue weighted by molar-refractivity contribution is 7.91. The molecule has 5 heterocycles. The fourth-order valence-corrected chi connectivity index (χ4v) is 7.21. The number of fused-ring (bicyclic) bond motifs is 2. The van der Waals surface area contributed by atoms with E-state index in [0.717, 1.165) is 49.4 Å². The van der Waals surface area contributed by atoms with Crippen molar-refractivity contribution in [2.75, 3.05) is 61.0 Å². The van der Waals surface area contributed by atoms with Crippen molar-refractivity contribution in [3.8, 4) is 18.1 Å². The van der Waals surface area contributed by atoms with Crippen molar-refractivity contribution in [1.82, 2.24) is 19.8 Å². The highest BCUT2D eigenvalue weighted by Crippen LogP contribution is 2.45. The molecular formula is C28H32N6O4S. The Labute approximate surface area is 229 Å². The van der Waals surface area contributed by atoms with Gasteiger partial charge in [0, 0.05) is 51.2 Å². The second-order valence-corrected chi connectivity index (χ2v) is 13.0. The molecule has 4 aliphatic rings. The first-order valence-electron chi connectivity index (χ1n) is 13.3. The molecule has 0 spiro atoms. The van der Waals surface area contributed by atoms with Crippen LogP contribution in [0.5, 0.6) is 5.75 Å². The Hall–Kier alpha value is -3.62. The molecule has 1 amide bonds. The Balaban J connectivity index is 1.23. The summed E-state index contributed by atoms with van der Waals surface area (Å²) in [5, 5.41) is 3.45. The summed E-state index contributed by atoms with van der Waals surface area (Å²) < 4.78 is 30.4. The maximum atomic E-state index is 12.0. The van der Waals surface area contributed by atoms with Crippen molar-refractivity contribution >= 4 is 33.1 Å². The van der Waals surface area contributed by atoms with Gasteiger partial charge in [0.25, 0.3) is 0 Å². The smallest absolute Gasteiger partial charge is 0.246 e. The molecule has 2 aromatic rings. The zero-order valence-corrected chi connectivity index (χ0v) is 22.8. The van der Waals surface area contributed by atoms with E-state index >= 15 is 0 Å². The summed E-state index contributed by atoms with van der Waals surface area (Å²) in [5.74, 6) is 5.24. The van der Waals surface area contributed by atoms with Crippen molar-refractivity contribution in [1.29, 1.82) is 0 Å². The van der Waals surface area contributed by atoms with E-state index < -0.39 is 15.9 Å². The maximum Gasteiger partial charge on any atom is 0.246 e. The van der Waals surface area contributed by atoms with Gasteiger partial charge < -0.3 is 19.9 Å². The second kappa shape index (κ2) is 9.84. The van der Waals surface area contributed by atoms with E-state index in [2.05, 4.69) is 38.8 Å². The number of benzene rings is 1. The third kappa shape index (κ3) is 4.72. The van der Waals surface area contributed by atoms with E-state index in [0.29, 0.717) is 48.0 Å². The van der Waals surface area contributed by atoms with E-state index in [1.54, 1.807) is 0 Å². The lowest BCUT2D eigenvalue weighted by Crippen LogP contribution is -2.51. The van der Waals surface area contributed by atoms with Gasteiger partial charge >= 0.3 is 0 Å². The molecule has 2 atom stereocenters. The molecule has 1 aromatic heterocycles. The molecule has 39 heavy (non-hydrogen) atoms. The van der Waals surface area contributed by atoms with E-state index in [-0.39, 0.29) is 17.4 Å². The number of carbonyl (C=O) groups is 1. The van der Waals surface area contributed by atoms with Gasteiger partial charge in [0.1, 0.15) is 24.1 Å². The Kier molecular flexibility index (Phi) is 6.47. The number of ether oxygens (including phenoxy) is 1. The number of rotatable bonds is 4. The highest BCUT2D eigenvalue weighted by atomic mass is 32.2. The number of nitrogens with zero attached hydrogens (tertiary/aromatic N) is 5. The molecular weight excluding hydrogens is 516 g/mol. The molecule has 11 heteroatoms. The Morgan fingerprint density at radius 3 is 2.69 bits per heavy atom. The van der Waals surface area contributed by atoms with Gasteiger partial charge in [0.15, 0.2) is 15.6 Å². The van der Waals surface area contributed by atoms with Crippen LogP contribution in [-0.4, -0.2) is 90.9 Å². The summed E-state index contributed by atoms with van der Waals surface area (Å²) in [7, 11) is -3.02. The van der Waals surface area contributed by atoms with Gasteiger partial charge in [-0.25, -0.2) is 18.4 Å². The number of terminal acetylenes is 1. The van der Waals surface area contributed by atoms with Crippen LogP contribution in [0.1, 0.15) is 42.1 Å². The number of nitrogens with one attached hydrogen (secondary N) is 1. The standard InChI is InChI=1S/C28H32N6O4S/c1-4-19-12-20(21-14-34(15-21)22-6-7-33(16-22)24(35)5-2)13-23-26(19)38-18(3)25-27(31-23)29-17-30-28(25)32-8-10-39(36,37)11-9-32/h1,5,12-13,17-18,21-22H,2,6-11,14-16H2,3H3,(H,29,30,31)/t18-,22?/m0/s1. The SMILES string of the molecule is C#Cc1cc(C2CN(C3CCN(C(=O)C=C)C3)C2)cc2c1O[C@@H](C)c1c(ncnc1N1CCS(=O)(=O)CC1)N2. The van der Waals surface area contributed by atoms with Crippen LogP contribution < -0.4 is 15.0 Å². The molecule has 10 nitrogen and oxygen atoms in total. The van der Waals surface area contributed by atoms with Gasteiger partial charge in [-0.3, -0.25) is 9.69 Å². The predicted octanol–water partition coefficient (Wildman–Crippen LogP) is 2.08. The van der Waals surface area contributed by atoms with E-state index in [1.807, 2.05) is 22.8 Å². The first kappa shape index (κ1) is 25.6. The number of amides is 1. The summed E-state index contributed by atoms with van der Waals surface area (Å²) in [6, 6.07) is 4.50. The molecule has 1 N–H and O–H groups in total. The first-order valence-corrected chi connectivity index (χ1v) is 15.1. The summed E-state index contributed by atoms with van der Waals surface area (Å²) in [4.78, 5) is 27.3. The van der Waals surface area contributed by atoms with Crippen LogP contribution >= 0.6 is 0 Å². The fraction of sp³-hybridized carbons (Fsp3) is 0.464. The lowest BCUT2D eigenvalue weighted by atomic mass is 9.88. The third-order valence-corrected chi connectivity index (χ3v) is 9.88. The zero-order valence-electron chi connectivity index (χ0n) is 22.0. The van der Waals surface area contributed by atoms with E-state index in [9.17, 15) is 13.2 Å². The number of carbonyl (C=O) groups excluding carboxylic acids is 1. The number of sulfone groups is 1. The molecule has 0 saturated carbocycles. The third-order valence-electron chi connectivity index (χ3n) is 8.28. The number of aromatic nitrogens is 2. The van der Waals surface area contributed by atoms with Crippen molar-refractivity contribution < 1.29 is 17.9 Å². The molecule has 0 radical (unpaired) electrons. The number of hydrogen-bond donors (Lipinski definition) is 1. The average Bonchev–Trinajstić information content (AvgIpc) is 3.32. The Morgan fingerprint density at radius 2 is 1.97 bits per heavy atom. The molecule has 1 unspecified atom stereocenters. The van der Waals surface area contributed by atoms with Gasteiger partial charge in [-0.15, -0.1) is 6.42 Å². The van der Waals surface area contributed by atoms with Crippen LogP contribution in [0.3, 0.4) is 0 Å². The summed E-state index contributed by atoms with van der Waals surface area (Å²) in [5.41, 5.74) is 3.36. The lowest BCUT2D eigenvalue weighted by molar-refractivity contribution is -0.125. The van der Waals surface area contributed by atoms with Crippen LogP contribution in [0, 0.1) is 12.3 Å². The molecule has 0 aliphatic carbocycles. The lowest BCUT2D eigenvalue weighted by Gasteiger charge is -2.43. The molecule has 3 saturated heterocycles. The van der Waals surface area contributed by atoms with E-state index in [1.165, 1.54) is 12.4 Å². The van der Waals surface area contributed by atoms with Crippen LogP contribution in [-0.2, 0) is 14.6 Å². The highest BCUT2D eigenvalue weighted by Gasteiger charge is 2.38. The van der Waals surface area contributed by atoms with Crippen molar-refractivity contribution in [3.05, 3.63) is 47.8 Å². The van der Waals surface area contributed by atoms with Gasteiger partial charge in [0.05, 0.1) is 28.3 Å². The molecule has 1 aromatic carbocycles. The number of anilines is 3. The van der Waals surface area contributed by atoms with Crippen LogP contribution in [0.15, 0.2) is 31.1 Å². The number of likely N-dealkylation sites (tertiary alicyclic amines) is 2. The minimum absolute atomic E-state index is 0.00291. The summed E-state index contributed by atoms with van der Waals surface area (Å²) in [6.45, 7) is 9.62. The predicted molar refractivity (Wildman–Crippen MR) is 149 cm³/mol. The average molecular weight is 549 g/mol. The minimum atomic E-state index is -3.02. The zero-order chi connectivity index (χ0) is 27.3.